The van der Waals surface area contributed by atoms with Crippen molar-refractivity contribution in [2.45, 2.75) is 26.7 Å². The van der Waals surface area contributed by atoms with Gasteiger partial charge in [-0.15, -0.1) is 0 Å². The quantitative estimate of drug-likeness (QED) is 0.602. The van der Waals surface area contributed by atoms with Crippen LogP contribution in [0.4, 0.5) is 4.79 Å². The molecule has 4 amide bonds. The van der Waals surface area contributed by atoms with Gasteiger partial charge in [-0.1, -0.05) is 13.8 Å². The lowest BCUT2D eigenvalue weighted by atomic mass is 9.96. The zero-order valence-electron chi connectivity index (χ0n) is 12.1. The van der Waals surface area contributed by atoms with E-state index in [4.69, 9.17) is 5.73 Å². The summed E-state index contributed by atoms with van der Waals surface area (Å²) in [5.41, 5.74) is 5.24. The molecule has 0 unspecified atom stereocenters. The largest absolute Gasteiger partial charge is 0.369 e. The molecule has 0 spiro atoms. The van der Waals surface area contributed by atoms with E-state index in [2.05, 4.69) is 10.6 Å². The third-order valence-electron chi connectivity index (χ3n) is 3.41. The third kappa shape index (κ3) is 5.07. The van der Waals surface area contributed by atoms with Gasteiger partial charge in [-0.25, -0.2) is 4.79 Å². The zero-order chi connectivity index (χ0) is 15.1. The number of amides is 4. The van der Waals surface area contributed by atoms with E-state index in [1.165, 1.54) is 0 Å². The maximum absolute atomic E-state index is 11.8. The van der Waals surface area contributed by atoms with Gasteiger partial charge in [0.2, 0.25) is 11.8 Å². The number of carbonyl (C=O) groups is 3. The normalized spacial score (nSPS) is 16.1. The number of hydrogen-bond donors (Lipinski definition) is 3. The highest BCUT2D eigenvalue weighted by Gasteiger charge is 2.25. The molecule has 1 heterocycles. The molecule has 1 saturated heterocycles. The van der Waals surface area contributed by atoms with E-state index in [0.717, 1.165) is 0 Å². The summed E-state index contributed by atoms with van der Waals surface area (Å²) in [6, 6.07) is -0.160. The summed E-state index contributed by atoms with van der Waals surface area (Å²) < 4.78 is 0. The van der Waals surface area contributed by atoms with Gasteiger partial charge in [0, 0.05) is 38.0 Å². The predicted octanol–water partition coefficient (Wildman–Crippen LogP) is -0.334. The molecule has 0 aromatic rings. The molecular formula is C13H24N4O3. The van der Waals surface area contributed by atoms with E-state index in [0.29, 0.717) is 39.0 Å². The molecule has 4 N–H and O–H groups in total. The highest BCUT2D eigenvalue weighted by Crippen LogP contribution is 2.16. The molecule has 1 aliphatic heterocycles. The molecule has 0 saturated carbocycles. The Balaban J connectivity index is 2.18. The minimum Gasteiger partial charge on any atom is -0.369 e. The van der Waals surface area contributed by atoms with Crippen molar-refractivity contribution in [1.82, 2.24) is 15.5 Å². The number of nitrogens with zero attached hydrogens (tertiary/aromatic N) is 1. The van der Waals surface area contributed by atoms with Crippen molar-refractivity contribution in [3.05, 3.63) is 0 Å². The first kappa shape index (κ1) is 16.3. The van der Waals surface area contributed by atoms with Crippen LogP contribution in [-0.2, 0) is 9.59 Å². The van der Waals surface area contributed by atoms with Crippen LogP contribution < -0.4 is 16.4 Å². The molecule has 0 aromatic heterocycles. The number of primary amides is 1. The molecule has 1 fully saturated rings. The van der Waals surface area contributed by atoms with Crippen LogP contribution in [0.25, 0.3) is 0 Å². The van der Waals surface area contributed by atoms with Gasteiger partial charge in [-0.05, 0) is 12.8 Å². The topological polar surface area (TPSA) is 105 Å². The summed E-state index contributed by atoms with van der Waals surface area (Å²) in [6.45, 7) is 5.52. The highest BCUT2D eigenvalue weighted by atomic mass is 16.2. The molecular weight excluding hydrogens is 260 g/mol. The molecule has 20 heavy (non-hydrogen) atoms. The number of nitrogens with one attached hydrogen (secondary N) is 2. The van der Waals surface area contributed by atoms with Crippen LogP contribution in [0.5, 0.6) is 0 Å². The molecule has 0 radical (unpaired) electrons. The van der Waals surface area contributed by atoms with Crippen LogP contribution in [0.3, 0.4) is 0 Å². The lowest BCUT2D eigenvalue weighted by molar-refractivity contribution is -0.124. The van der Waals surface area contributed by atoms with E-state index in [1.807, 2.05) is 13.8 Å². The van der Waals surface area contributed by atoms with Crippen molar-refractivity contribution >= 4 is 17.8 Å². The van der Waals surface area contributed by atoms with E-state index < -0.39 is 0 Å². The monoisotopic (exact) mass is 284 g/mol. The summed E-state index contributed by atoms with van der Waals surface area (Å²) in [5, 5.41) is 5.48. The standard InChI is InChI=1S/C13H24N4O3/c1-9(2)12(19)15-5-6-16-13(20)17-7-3-10(4-8-17)11(14)18/h9-10H,3-8H2,1-2H3,(H2,14,18)(H,15,19)(H,16,20). The molecule has 0 bridgehead atoms. The van der Waals surface area contributed by atoms with Crippen molar-refractivity contribution < 1.29 is 14.4 Å². The summed E-state index contributed by atoms with van der Waals surface area (Å²) in [6.07, 6.45) is 1.24. The van der Waals surface area contributed by atoms with E-state index >= 15 is 0 Å². The second-order valence-electron chi connectivity index (χ2n) is 5.34. The van der Waals surface area contributed by atoms with Crippen LogP contribution in [-0.4, -0.2) is 48.9 Å². The summed E-state index contributed by atoms with van der Waals surface area (Å²) in [7, 11) is 0. The maximum Gasteiger partial charge on any atom is 0.317 e. The zero-order valence-corrected chi connectivity index (χ0v) is 12.1. The Morgan fingerprint density at radius 3 is 2.20 bits per heavy atom. The Labute approximate surface area is 119 Å². The number of rotatable bonds is 5. The Morgan fingerprint density at radius 1 is 1.15 bits per heavy atom. The Hall–Kier alpha value is -1.79. The number of hydrogen-bond acceptors (Lipinski definition) is 3. The van der Waals surface area contributed by atoms with E-state index in [9.17, 15) is 14.4 Å². The lowest BCUT2D eigenvalue weighted by Crippen LogP contribution is -2.47. The first-order valence-corrected chi connectivity index (χ1v) is 7.01. The summed E-state index contributed by atoms with van der Waals surface area (Å²) in [4.78, 5) is 35.8. The predicted molar refractivity (Wildman–Crippen MR) is 74.7 cm³/mol. The second-order valence-corrected chi connectivity index (χ2v) is 5.34. The van der Waals surface area contributed by atoms with Gasteiger partial charge in [-0.2, -0.15) is 0 Å². The van der Waals surface area contributed by atoms with Crippen LogP contribution in [0.15, 0.2) is 0 Å². The Kier molecular flexibility index (Phi) is 6.27. The van der Waals surface area contributed by atoms with Gasteiger partial charge in [0.25, 0.3) is 0 Å². The van der Waals surface area contributed by atoms with Crippen LogP contribution in [0, 0.1) is 11.8 Å². The first-order valence-electron chi connectivity index (χ1n) is 7.01. The molecule has 0 aliphatic carbocycles. The molecule has 7 nitrogen and oxygen atoms in total. The van der Waals surface area contributed by atoms with Gasteiger partial charge in [-0.3, -0.25) is 9.59 Å². The summed E-state index contributed by atoms with van der Waals surface area (Å²) in [5.74, 6) is -0.495. The average Bonchev–Trinajstić information content (AvgIpc) is 2.43. The molecule has 114 valence electrons. The number of nitrogens with two attached hydrogens (primary N) is 1. The molecule has 0 aromatic carbocycles. The van der Waals surface area contributed by atoms with Crippen LogP contribution in [0.2, 0.25) is 0 Å². The van der Waals surface area contributed by atoms with E-state index in [-0.39, 0.29) is 29.7 Å². The average molecular weight is 284 g/mol. The maximum atomic E-state index is 11.8. The van der Waals surface area contributed by atoms with Crippen molar-refractivity contribution in [3.8, 4) is 0 Å². The highest BCUT2D eigenvalue weighted by molar-refractivity contribution is 5.79. The molecule has 7 heteroatoms. The SMILES string of the molecule is CC(C)C(=O)NCCNC(=O)N1CCC(C(N)=O)CC1. The van der Waals surface area contributed by atoms with E-state index in [1.54, 1.807) is 4.90 Å². The Bertz CT molecular complexity index is 363. The van der Waals surface area contributed by atoms with Gasteiger partial charge in [0.1, 0.15) is 0 Å². The second kappa shape index (κ2) is 7.72. The van der Waals surface area contributed by atoms with Crippen molar-refractivity contribution in [2.75, 3.05) is 26.2 Å². The lowest BCUT2D eigenvalue weighted by Gasteiger charge is -2.30. The van der Waals surface area contributed by atoms with Gasteiger partial charge >= 0.3 is 6.03 Å². The van der Waals surface area contributed by atoms with Gasteiger partial charge in [0.05, 0.1) is 0 Å². The van der Waals surface area contributed by atoms with Crippen molar-refractivity contribution in [1.29, 1.82) is 0 Å². The fourth-order valence-corrected chi connectivity index (χ4v) is 2.04. The number of carbonyl (C=O) groups excluding carboxylic acids is 3. The Morgan fingerprint density at radius 2 is 1.70 bits per heavy atom. The third-order valence-corrected chi connectivity index (χ3v) is 3.41. The first-order chi connectivity index (χ1) is 9.41. The summed E-state index contributed by atoms with van der Waals surface area (Å²) >= 11 is 0. The molecule has 0 atom stereocenters. The minimum absolute atomic E-state index is 0.0264. The number of likely N-dealkylation sites (tertiary alicyclic amines) is 1. The van der Waals surface area contributed by atoms with Gasteiger partial charge in [0.15, 0.2) is 0 Å². The molecule has 1 aliphatic rings. The fourth-order valence-electron chi connectivity index (χ4n) is 2.04. The van der Waals surface area contributed by atoms with Crippen LogP contribution in [0.1, 0.15) is 26.7 Å². The minimum atomic E-state index is -0.290. The smallest absolute Gasteiger partial charge is 0.317 e. The van der Waals surface area contributed by atoms with Crippen molar-refractivity contribution in [3.63, 3.8) is 0 Å². The number of piperidine rings is 1. The van der Waals surface area contributed by atoms with Crippen LogP contribution >= 0.6 is 0 Å². The number of urea groups is 1. The molecule has 1 rings (SSSR count). The van der Waals surface area contributed by atoms with Crippen molar-refractivity contribution in [2.24, 2.45) is 17.6 Å². The van der Waals surface area contributed by atoms with Gasteiger partial charge < -0.3 is 21.3 Å². The fraction of sp³-hybridized carbons (Fsp3) is 0.769.